The lowest BCUT2D eigenvalue weighted by molar-refractivity contribution is -0.117. The van der Waals surface area contributed by atoms with Gasteiger partial charge in [0.05, 0.1) is 23.3 Å². The summed E-state index contributed by atoms with van der Waals surface area (Å²) in [4.78, 5) is 24.4. The van der Waals surface area contributed by atoms with Gasteiger partial charge in [-0.25, -0.2) is 0 Å². The topological polar surface area (TPSA) is 106 Å². The number of nitrogens with zero attached hydrogens (tertiary/aromatic N) is 2. The number of carbonyl (C=O) groups excluding carboxylic acids is 2. The zero-order chi connectivity index (χ0) is 32.1. The largest absolute Gasteiger partial charge is 0.326 e. The van der Waals surface area contributed by atoms with E-state index in [2.05, 4.69) is 71.3 Å². The molecule has 2 N–H and O–H groups in total. The molecule has 4 aromatic carbocycles. The van der Waals surface area contributed by atoms with E-state index < -0.39 is 0 Å². The first-order valence-electron chi connectivity index (χ1n) is 16.2. The molecule has 4 aromatic rings. The van der Waals surface area contributed by atoms with Gasteiger partial charge in [-0.3, -0.25) is 9.59 Å². The zero-order valence-corrected chi connectivity index (χ0v) is 26.1. The fourth-order valence-corrected chi connectivity index (χ4v) is 6.78. The van der Waals surface area contributed by atoms with Crippen LogP contribution in [-0.4, -0.2) is 11.8 Å². The van der Waals surface area contributed by atoms with Crippen molar-refractivity contribution in [1.82, 2.24) is 0 Å². The molecule has 46 heavy (non-hydrogen) atoms. The van der Waals surface area contributed by atoms with E-state index in [4.69, 9.17) is 10.5 Å². The Morgan fingerprint density at radius 2 is 0.913 bits per heavy atom. The maximum Gasteiger partial charge on any atom is 0.224 e. The highest BCUT2D eigenvalue weighted by atomic mass is 16.2. The Kier molecular flexibility index (Phi) is 11.3. The van der Waals surface area contributed by atoms with Crippen LogP contribution in [0.25, 0.3) is 0 Å². The normalized spacial score (nSPS) is 20.0. The Morgan fingerprint density at radius 1 is 0.543 bits per heavy atom. The Bertz CT molecular complexity index is 1530. The number of hydrogen-bond donors (Lipinski definition) is 2. The molecule has 0 saturated heterocycles. The molecule has 0 aliphatic heterocycles. The molecule has 2 saturated carbocycles. The molecule has 2 fully saturated rings. The first-order valence-corrected chi connectivity index (χ1v) is 16.2. The predicted octanol–water partition coefficient (Wildman–Crippen LogP) is 8.94. The molecule has 6 heteroatoms. The van der Waals surface area contributed by atoms with Crippen LogP contribution >= 0.6 is 0 Å². The molecule has 0 bridgehead atoms. The summed E-state index contributed by atoms with van der Waals surface area (Å²) < 4.78 is 0. The number of rotatable bonds is 8. The Hall–Kier alpha value is -5.20. The molecule has 0 spiro atoms. The number of nitriles is 2. The SMILES string of the molecule is N#Cc1ccc(NC(=O)C[C@@H]2CC[C@H](c3ccccc3)C2)cc1.N#Cc1ccc(NC(=O)C[C@H]2CC[C@H](c3ccccc3)C2)cc1. The number of nitrogens with one attached hydrogen (secondary N) is 2. The van der Waals surface area contributed by atoms with Crippen LogP contribution in [0.3, 0.4) is 0 Å². The first-order chi connectivity index (χ1) is 22.5. The van der Waals surface area contributed by atoms with Crippen molar-refractivity contribution in [3.8, 4) is 12.1 Å². The van der Waals surface area contributed by atoms with Crippen molar-refractivity contribution >= 4 is 23.2 Å². The van der Waals surface area contributed by atoms with Gasteiger partial charge in [-0.2, -0.15) is 10.5 Å². The number of anilines is 2. The summed E-state index contributed by atoms with van der Waals surface area (Å²) in [6.07, 6.45) is 7.88. The van der Waals surface area contributed by atoms with E-state index in [1.807, 2.05) is 12.1 Å². The number of hydrogen-bond acceptors (Lipinski definition) is 4. The van der Waals surface area contributed by atoms with Gasteiger partial charge in [-0.05, 0) is 122 Å². The van der Waals surface area contributed by atoms with E-state index >= 15 is 0 Å². The summed E-state index contributed by atoms with van der Waals surface area (Å²) in [5.41, 5.74) is 5.50. The van der Waals surface area contributed by atoms with Crippen LogP contribution in [0.1, 0.15) is 85.5 Å². The second-order valence-corrected chi connectivity index (χ2v) is 12.5. The van der Waals surface area contributed by atoms with E-state index in [1.54, 1.807) is 48.5 Å². The molecule has 6 rings (SSSR count). The zero-order valence-electron chi connectivity index (χ0n) is 26.1. The van der Waals surface area contributed by atoms with Crippen LogP contribution in [0.15, 0.2) is 109 Å². The van der Waals surface area contributed by atoms with Crippen molar-refractivity contribution in [2.75, 3.05) is 10.6 Å². The quantitative estimate of drug-likeness (QED) is 0.208. The minimum absolute atomic E-state index is 0.0634. The van der Waals surface area contributed by atoms with Crippen LogP contribution in [0.4, 0.5) is 11.4 Å². The van der Waals surface area contributed by atoms with E-state index in [-0.39, 0.29) is 11.8 Å². The third-order valence-corrected chi connectivity index (χ3v) is 9.17. The third-order valence-electron chi connectivity index (χ3n) is 9.17. The fourth-order valence-electron chi connectivity index (χ4n) is 6.78. The fraction of sp³-hybridized carbons (Fsp3) is 0.300. The lowest BCUT2D eigenvalue weighted by Crippen LogP contribution is -2.15. The van der Waals surface area contributed by atoms with Crippen molar-refractivity contribution in [1.29, 1.82) is 10.5 Å². The van der Waals surface area contributed by atoms with Crippen LogP contribution < -0.4 is 10.6 Å². The lowest BCUT2D eigenvalue weighted by Gasteiger charge is -2.12. The second-order valence-electron chi connectivity index (χ2n) is 12.5. The van der Waals surface area contributed by atoms with E-state index in [1.165, 1.54) is 24.0 Å². The smallest absolute Gasteiger partial charge is 0.224 e. The molecule has 6 nitrogen and oxygen atoms in total. The molecule has 0 radical (unpaired) electrons. The monoisotopic (exact) mass is 608 g/mol. The second kappa shape index (κ2) is 16.2. The van der Waals surface area contributed by atoms with Gasteiger partial charge in [0.15, 0.2) is 0 Å². The molecule has 0 heterocycles. The van der Waals surface area contributed by atoms with Crippen molar-refractivity contribution in [3.05, 3.63) is 131 Å². The summed E-state index contributed by atoms with van der Waals surface area (Å²) in [5, 5.41) is 23.4. The van der Waals surface area contributed by atoms with Crippen molar-refractivity contribution in [2.45, 2.75) is 63.2 Å². The minimum atomic E-state index is 0.0634. The van der Waals surface area contributed by atoms with Gasteiger partial charge in [-0.1, -0.05) is 60.7 Å². The molecule has 0 unspecified atom stereocenters. The van der Waals surface area contributed by atoms with E-state index in [0.29, 0.717) is 47.6 Å². The highest BCUT2D eigenvalue weighted by molar-refractivity contribution is 5.91. The predicted molar refractivity (Wildman–Crippen MR) is 182 cm³/mol. The molecule has 2 aliphatic rings. The van der Waals surface area contributed by atoms with Gasteiger partial charge in [0.25, 0.3) is 0 Å². The molecule has 232 valence electrons. The number of amides is 2. The van der Waals surface area contributed by atoms with Gasteiger partial charge < -0.3 is 10.6 Å². The summed E-state index contributed by atoms with van der Waals surface area (Å²) in [6, 6.07) is 39.3. The Balaban J connectivity index is 0.000000181. The molecule has 2 amide bonds. The lowest BCUT2D eigenvalue weighted by atomic mass is 9.95. The van der Waals surface area contributed by atoms with Gasteiger partial charge in [0, 0.05) is 24.2 Å². The van der Waals surface area contributed by atoms with Gasteiger partial charge in [0.2, 0.25) is 11.8 Å². The van der Waals surface area contributed by atoms with Gasteiger partial charge in [-0.15, -0.1) is 0 Å². The van der Waals surface area contributed by atoms with Gasteiger partial charge >= 0.3 is 0 Å². The summed E-state index contributed by atoms with van der Waals surface area (Å²) >= 11 is 0. The van der Waals surface area contributed by atoms with Crippen molar-refractivity contribution in [3.63, 3.8) is 0 Å². The maximum atomic E-state index is 12.2. The summed E-state index contributed by atoms with van der Waals surface area (Å²) in [5.74, 6) is 2.21. The molecular weight excluding hydrogens is 568 g/mol. The molecule has 4 atom stereocenters. The average molecular weight is 609 g/mol. The first kappa shape index (κ1) is 32.2. The summed E-state index contributed by atoms with van der Waals surface area (Å²) in [6.45, 7) is 0. The maximum absolute atomic E-state index is 12.2. The standard InChI is InChI=1S/2C20H20N2O/c2*21-14-15-7-10-19(11-8-15)22-20(23)13-16-6-9-18(12-16)17-4-2-1-3-5-17/h2*1-5,7-8,10-11,16,18H,6,9,12-13H2,(H,22,23)/t16-,18+;16-,18-/m10/s1. The van der Waals surface area contributed by atoms with Crippen LogP contribution in [0.5, 0.6) is 0 Å². The Morgan fingerprint density at radius 3 is 1.26 bits per heavy atom. The average Bonchev–Trinajstić information content (AvgIpc) is 3.76. The number of benzene rings is 4. The third kappa shape index (κ3) is 9.40. The molecule has 2 aliphatic carbocycles. The van der Waals surface area contributed by atoms with Crippen LogP contribution in [0, 0.1) is 34.5 Å². The number of carbonyl (C=O) groups is 2. The van der Waals surface area contributed by atoms with Gasteiger partial charge in [0.1, 0.15) is 0 Å². The van der Waals surface area contributed by atoms with Crippen molar-refractivity contribution in [2.24, 2.45) is 11.8 Å². The van der Waals surface area contributed by atoms with Crippen LogP contribution in [-0.2, 0) is 9.59 Å². The van der Waals surface area contributed by atoms with E-state index in [9.17, 15) is 9.59 Å². The highest BCUT2D eigenvalue weighted by Crippen LogP contribution is 2.40. The Labute approximate surface area is 272 Å². The molecule has 0 aromatic heterocycles. The molecular formula is C40H40N4O2. The van der Waals surface area contributed by atoms with Crippen molar-refractivity contribution < 1.29 is 9.59 Å². The summed E-state index contributed by atoms with van der Waals surface area (Å²) in [7, 11) is 0. The van der Waals surface area contributed by atoms with E-state index in [0.717, 1.165) is 37.1 Å². The minimum Gasteiger partial charge on any atom is -0.326 e. The van der Waals surface area contributed by atoms with Crippen LogP contribution in [0.2, 0.25) is 0 Å². The highest BCUT2D eigenvalue weighted by Gasteiger charge is 2.28.